The van der Waals surface area contributed by atoms with Gasteiger partial charge in [-0.15, -0.1) is 11.3 Å². The molecular weight excluding hydrogens is 302 g/mol. The van der Waals surface area contributed by atoms with Gasteiger partial charge < -0.3 is 15.5 Å². The lowest BCUT2D eigenvalue weighted by atomic mass is 10.0. The smallest absolute Gasteiger partial charge is 0.261 e. The zero-order valence-electron chi connectivity index (χ0n) is 12.8. The average Bonchev–Trinajstić information content (AvgIpc) is 3.02. The van der Waals surface area contributed by atoms with Crippen LogP contribution in [0.4, 0.5) is 0 Å². The van der Waals surface area contributed by atoms with Gasteiger partial charge in [0.25, 0.3) is 5.91 Å². The van der Waals surface area contributed by atoms with E-state index in [1.807, 2.05) is 5.38 Å². The van der Waals surface area contributed by atoms with Crippen molar-refractivity contribution in [2.24, 2.45) is 0 Å². The van der Waals surface area contributed by atoms with Crippen LogP contribution in [0, 0.1) is 0 Å². The van der Waals surface area contributed by atoms with E-state index in [1.54, 1.807) is 30.9 Å². The van der Waals surface area contributed by atoms with Gasteiger partial charge in [-0.05, 0) is 31.2 Å². The van der Waals surface area contributed by atoms with Crippen molar-refractivity contribution < 1.29 is 14.4 Å². The second-order valence-corrected chi connectivity index (χ2v) is 6.41. The zero-order chi connectivity index (χ0) is 16.1. The Morgan fingerprint density at radius 2 is 2.00 bits per heavy atom. The van der Waals surface area contributed by atoms with E-state index in [0.29, 0.717) is 18.0 Å². The summed E-state index contributed by atoms with van der Waals surface area (Å²) in [6.45, 7) is 4.55. The van der Waals surface area contributed by atoms with Crippen molar-refractivity contribution >= 4 is 29.1 Å². The molecule has 1 atom stereocenters. The minimum Gasteiger partial charge on any atom is -0.351 e. The summed E-state index contributed by atoms with van der Waals surface area (Å²) in [5.74, 6) is -0.350. The lowest BCUT2D eigenvalue weighted by Crippen LogP contribution is -2.51. The number of carbonyl (C=O) groups excluding carboxylic acids is 3. The van der Waals surface area contributed by atoms with Gasteiger partial charge in [0.15, 0.2) is 0 Å². The summed E-state index contributed by atoms with van der Waals surface area (Å²) in [6, 6.07) is 3.00. The van der Waals surface area contributed by atoms with Gasteiger partial charge in [0.05, 0.1) is 4.88 Å². The molecule has 3 amide bonds. The van der Waals surface area contributed by atoms with Crippen LogP contribution in [-0.2, 0) is 9.59 Å². The minimum atomic E-state index is -0.583. The SMILES string of the molecule is CC(=O)N1CCC(NC(=O)C(C)NC(=O)c2cccs2)CC1. The normalized spacial score (nSPS) is 16.9. The number of amides is 3. The zero-order valence-corrected chi connectivity index (χ0v) is 13.6. The number of hydrogen-bond donors (Lipinski definition) is 2. The van der Waals surface area contributed by atoms with Crippen LogP contribution in [0.15, 0.2) is 17.5 Å². The van der Waals surface area contributed by atoms with E-state index in [2.05, 4.69) is 10.6 Å². The number of thiophene rings is 1. The molecule has 2 heterocycles. The van der Waals surface area contributed by atoms with Crippen LogP contribution in [0.5, 0.6) is 0 Å². The highest BCUT2D eigenvalue weighted by Gasteiger charge is 2.24. The molecule has 1 aliphatic rings. The second-order valence-electron chi connectivity index (χ2n) is 5.46. The Kier molecular flexibility index (Phi) is 5.54. The van der Waals surface area contributed by atoms with Crippen molar-refractivity contribution in [2.75, 3.05) is 13.1 Å². The first kappa shape index (κ1) is 16.5. The van der Waals surface area contributed by atoms with E-state index in [1.165, 1.54) is 11.3 Å². The molecule has 22 heavy (non-hydrogen) atoms. The van der Waals surface area contributed by atoms with Crippen molar-refractivity contribution in [2.45, 2.75) is 38.8 Å². The standard InChI is InChI=1S/C15H21N3O3S/c1-10(16-15(21)13-4-3-9-22-13)14(20)17-12-5-7-18(8-6-12)11(2)19/h3-4,9-10,12H,5-8H2,1-2H3,(H,16,21)(H,17,20). The van der Waals surface area contributed by atoms with Crippen molar-refractivity contribution in [3.63, 3.8) is 0 Å². The average molecular weight is 323 g/mol. The number of likely N-dealkylation sites (tertiary alicyclic amines) is 1. The first-order chi connectivity index (χ1) is 10.5. The first-order valence-electron chi connectivity index (χ1n) is 7.37. The molecule has 1 aliphatic heterocycles. The van der Waals surface area contributed by atoms with Gasteiger partial charge in [-0.1, -0.05) is 6.07 Å². The third kappa shape index (κ3) is 4.30. The molecule has 0 spiro atoms. The highest BCUT2D eigenvalue weighted by atomic mass is 32.1. The molecule has 0 bridgehead atoms. The number of piperidine rings is 1. The van der Waals surface area contributed by atoms with E-state index in [-0.39, 0.29) is 23.8 Å². The molecule has 0 aromatic carbocycles. The molecule has 2 rings (SSSR count). The summed E-state index contributed by atoms with van der Waals surface area (Å²) in [7, 11) is 0. The Morgan fingerprint density at radius 3 is 2.55 bits per heavy atom. The Hall–Kier alpha value is -1.89. The van der Waals surface area contributed by atoms with Crippen LogP contribution >= 0.6 is 11.3 Å². The Morgan fingerprint density at radius 1 is 1.32 bits per heavy atom. The van der Waals surface area contributed by atoms with Crippen LogP contribution in [0.1, 0.15) is 36.4 Å². The maximum Gasteiger partial charge on any atom is 0.261 e. The Balaban J connectivity index is 1.77. The van der Waals surface area contributed by atoms with Gasteiger partial charge >= 0.3 is 0 Å². The van der Waals surface area contributed by atoms with Gasteiger partial charge in [-0.25, -0.2) is 0 Å². The van der Waals surface area contributed by atoms with Crippen molar-refractivity contribution in [3.05, 3.63) is 22.4 Å². The number of nitrogens with one attached hydrogen (secondary N) is 2. The lowest BCUT2D eigenvalue weighted by molar-refractivity contribution is -0.130. The second kappa shape index (κ2) is 7.40. The van der Waals surface area contributed by atoms with Crippen LogP contribution in [-0.4, -0.2) is 47.8 Å². The highest BCUT2D eigenvalue weighted by Crippen LogP contribution is 2.11. The fraction of sp³-hybridized carbons (Fsp3) is 0.533. The molecule has 1 aromatic rings. The quantitative estimate of drug-likeness (QED) is 0.867. The summed E-state index contributed by atoms with van der Waals surface area (Å²) < 4.78 is 0. The Labute approximate surface area is 133 Å². The third-order valence-electron chi connectivity index (χ3n) is 3.77. The van der Waals surface area contributed by atoms with E-state index in [4.69, 9.17) is 0 Å². The summed E-state index contributed by atoms with van der Waals surface area (Å²) in [4.78, 5) is 37.7. The molecule has 7 heteroatoms. The topological polar surface area (TPSA) is 78.5 Å². The molecule has 1 aromatic heterocycles. The van der Waals surface area contributed by atoms with Gasteiger partial charge in [-0.3, -0.25) is 14.4 Å². The molecule has 0 aliphatic carbocycles. The number of nitrogens with zero attached hydrogens (tertiary/aromatic N) is 1. The molecular formula is C15H21N3O3S. The van der Waals surface area contributed by atoms with Gasteiger partial charge in [-0.2, -0.15) is 0 Å². The van der Waals surface area contributed by atoms with Gasteiger partial charge in [0.1, 0.15) is 6.04 Å². The van der Waals surface area contributed by atoms with Crippen LogP contribution in [0.3, 0.4) is 0 Å². The maximum absolute atomic E-state index is 12.1. The largest absolute Gasteiger partial charge is 0.351 e. The molecule has 120 valence electrons. The van der Waals surface area contributed by atoms with Crippen LogP contribution in [0.2, 0.25) is 0 Å². The highest BCUT2D eigenvalue weighted by molar-refractivity contribution is 7.12. The summed E-state index contributed by atoms with van der Waals surface area (Å²) in [6.07, 6.45) is 1.49. The molecule has 1 unspecified atom stereocenters. The molecule has 0 radical (unpaired) electrons. The third-order valence-corrected chi connectivity index (χ3v) is 4.64. The van der Waals surface area contributed by atoms with Gasteiger partial charge in [0.2, 0.25) is 11.8 Å². The molecule has 2 N–H and O–H groups in total. The van der Waals surface area contributed by atoms with E-state index >= 15 is 0 Å². The van der Waals surface area contributed by atoms with Crippen molar-refractivity contribution in [1.29, 1.82) is 0 Å². The monoisotopic (exact) mass is 323 g/mol. The fourth-order valence-corrected chi connectivity index (χ4v) is 3.03. The number of carbonyl (C=O) groups is 3. The van der Waals surface area contributed by atoms with Crippen LogP contribution in [0.25, 0.3) is 0 Å². The van der Waals surface area contributed by atoms with Crippen molar-refractivity contribution in [3.8, 4) is 0 Å². The Bertz CT molecular complexity index is 536. The van der Waals surface area contributed by atoms with Gasteiger partial charge in [0, 0.05) is 26.1 Å². The summed E-state index contributed by atoms with van der Waals surface area (Å²) >= 11 is 1.34. The predicted octanol–water partition coefficient (Wildman–Crippen LogP) is 0.993. The molecule has 6 nitrogen and oxygen atoms in total. The first-order valence-corrected chi connectivity index (χ1v) is 8.25. The number of rotatable bonds is 4. The van der Waals surface area contributed by atoms with Crippen molar-refractivity contribution in [1.82, 2.24) is 15.5 Å². The number of hydrogen-bond acceptors (Lipinski definition) is 4. The molecule has 1 fully saturated rings. The lowest BCUT2D eigenvalue weighted by Gasteiger charge is -2.32. The summed E-state index contributed by atoms with van der Waals surface area (Å²) in [5.41, 5.74) is 0. The fourth-order valence-electron chi connectivity index (χ4n) is 2.41. The molecule has 0 saturated carbocycles. The van der Waals surface area contributed by atoms with E-state index in [9.17, 15) is 14.4 Å². The minimum absolute atomic E-state index is 0.0594. The van der Waals surface area contributed by atoms with E-state index in [0.717, 1.165) is 12.8 Å². The predicted molar refractivity (Wildman–Crippen MR) is 84.7 cm³/mol. The maximum atomic E-state index is 12.1. The molecule has 1 saturated heterocycles. The summed E-state index contributed by atoms with van der Waals surface area (Å²) in [5, 5.41) is 7.46. The van der Waals surface area contributed by atoms with E-state index < -0.39 is 6.04 Å². The van der Waals surface area contributed by atoms with Crippen LogP contribution < -0.4 is 10.6 Å².